The Balaban J connectivity index is 2.32. The molecular formula is C15H20N2O. The van der Waals surface area contributed by atoms with Gasteiger partial charge in [0.05, 0.1) is 11.3 Å². The standard InChI is InChI=1S/C15H20N2O/c1-4-15(18,13-8-6-5-7-9-13)11-14-10-12(2)16-17(14)3/h5-10,18H,4,11H2,1-3H3. The number of benzene rings is 1. The van der Waals surface area contributed by atoms with Crippen molar-refractivity contribution >= 4 is 0 Å². The van der Waals surface area contributed by atoms with Crippen LogP contribution in [0.5, 0.6) is 0 Å². The predicted octanol–water partition coefficient (Wildman–Crippen LogP) is 2.57. The van der Waals surface area contributed by atoms with E-state index in [1.165, 1.54) is 0 Å². The molecule has 1 aromatic carbocycles. The zero-order valence-corrected chi connectivity index (χ0v) is 11.2. The van der Waals surface area contributed by atoms with Crippen LogP contribution in [0.15, 0.2) is 36.4 Å². The van der Waals surface area contributed by atoms with E-state index in [9.17, 15) is 5.11 Å². The molecule has 1 aromatic heterocycles. The molecule has 1 atom stereocenters. The Kier molecular flexibility index (Phi) is 3.53. The fourth-order valence-electron chi connectivity index (χ4n) is 2.31. The summed E-state index contributed by atoms with van der Waals surface area (Å²) in [6.45, 7) is 3.98. The third-order valence-electron chi connectivity index (χ3n) is 3.47. The van der Waals surface area contributed by atoms with Gasteiger partial charge in [-0.3, -0.25) is 4.68 Å². The van der Waals surface area contributed by atoms with Gasteiger partial charge in [0.25, 0.3) is 0 Å². The van der Waals surface area contributed by atoms with Crippen molar-refractivity contribution in [1.82, 2.24) is 9.78 Å². The molecule has 3 heteroatoms. The van der Waals surface area contributed by atoms with Crippen LogP contribution in [0.25, 0.3) is 0 Å². The van der Waals surface area contributed by atoms with E-state index in [2.05, 4.69) is 5.10 Å². The molecule has 18 heavy (non-hydrogen) atoms. The molecule has 0 saturated heterocycles. The van der Waals surface area contributed by atoms with Gasteiger partial charge in [0, 0.05) is 19.2 Å². The second-order valence-electron chi connectivity index (χ2n) is 4.83. The number of aliphatic hydroxyl groups is 1. The van der Waals surface area contributed by atoms with Crippen LogP contribution in [0.4, 0.5) is 0 Å². The van der Waals surface area contributed by atoms with Gasteiger partial charge in [-0.1, -0.05) is 37.3 Å². The van der Waals surface area contributed by atoms with Crippen molar-refractivity contribution < 1.29 is 5.11 Å². The van der Waals surface area contributed by atoms with Gasteiger partial charge < -0.3 is 5.11 Å². The van der Waals surface area contributed by atoms with Crippen molar-refractivity contribution in [1.29, 1.82) is 0 Å². The van der Waals surface area contributed by atoms with E-state index in [4.69, 9.17) is 0 Å². The average Bonchev–Trinajstić information content (AvgIpc) is 2.68. The van der Waals surface area contributed by atoms with Crippen LogP contribution in [-0.4, -0.2) is 14.9 Å². The fourth-order valence-corrected chi connectivity index (χ4v) is 2.31. The van der Waals surface area contributed by atoms with Crippen LogP contribution in [0.2, 0.25) is 0 Å². The molecule has 0 aliphatic rings. The zero-order valence-electron chi connectivity index (χ0n) is 11.2. The fraction of sp³-hybridized carbons (Fsp3) is 0.400. The van der Waals surface area contributed by atoms with E-state index >= 15 is 0 Å². The van der Waals surface area contributed by atoms with Gasteiger partial charge in [-0.05, 0) is 25.0 Å². The molecule has 0 aliphatic heterocycles. The van der Waals surface area contributed by atoms with Crippen LogP contribution in [0, 0.1) is 6.92 Å². The van der Waals surface area contributed by atoms with Crippen molar-refractivity contribution in [3.63, 3.8) is 0 Å². The lowest BCUT2D eigenvalue weighted by Gasteiger charge is -2.27. The van der Waals surface area contributed by atoms with Crippen molar-refractivity contribution in [2.24, 2.45) is 7.05 Å². The Bertz CT molecular complexity index is 519. The lowest BCUT2D eigenvalue weighted by molar-refractivity contribution is 0.0309. The summed E-state index contributed by atoms with van der Waals surface area (Å²) in [5.41, 5.74) is 2.19. The Hall–Kier alpha value is -1.61. The van der Waals surface area contributed by atoms with Crippen molar-refractivity contribution in [2.75, 3.05) is 0 Å². The smallest absolute Gasteiger partial charge is 0.0949 e. The maximum Gasteiger partial charge on any atom is 0.0949 e. The normalized spacial score (nSPS) is 14.4. The molecule has 0 aliphatic carbocycles. The molecule has 0 bridgehead atoms. The number of rotatable bonds is 4. The second-order valence-corrected chi connectivity index (χ2v) is 4.83. The summed E-state index contributed by atoms with van der Waals surface area (Å²) in [5, 5.41) is 15.2. The second kappa shape index (κ2) is 4.94. The molecule has 0 radical (unpaired) electrons. The van der Waals surface area contributed by atoms with Crippen LogP contribution < -0.4 is 0 Å². The van der Waals surface area contributed by atoms with Gasteiger partial charge in [0.15, 0.2) is 0 Å². The summed E-state index contributed by atoms with van der Waals surface area (Å²) >= 11 is 0. The molecular weight excluding hydrogens is 224 g/mol. The number of aromatic nitrogens is 2. The highest BCUT2D eigenvalue weighted by Crippen LogP contribution is 2.29. The van der Waals surface area contributed by atoms with Gasteiger partial charge >= 0.3 is 0 Å². The van der Waals surface area contributed by atoms with E-state index < -0.39 is 5.60 Å². The Morgan fingerprint density at radius 2 is 1.94 bits per heavy atom. The molecule has 2 rings (SSSR count). The van der Waals surface area contributed by atoms with Gasteiger partial charge in [0.2, 0.25) is 0 Å². The summed E-state index contributed by atoms with van der Waals surface area (Å²) in [7, 11) is 1.92. The molecule has 2 aromatic rings. The molecule has 0 spiro atoms. The Morgan fingerprint density at radius 3 is 2.44 bits per heavy atom. The summed E-state index contributed by atoms with van der Waals surface area (Å²) in [5.74, 6) is 0. The highest BCUT2D eigenvalue weighted by Gasteiger charge is 2.28. The molecule has 1 unspecified atom stereocenters. The van der Waals surface area contributed by atoms with Crippen LogP contribution in [-0.2, 0) is 19.1 Å². The van der Waals surface area contributed by atoms with Gasteiger partial charge in [0.1, 0.15) is 0 Å². The summed E-state index contributed by atoms with van der Waals surface area (Å²) in [4.78, 5) is 0. The molecule has 1 N–H and O–H groups in total. The lowest BCUT2D eigenvalue weighted by Crippen LogP contribution is -2.28. The maximum absolute atomic E-state index is 10.8. The average molecular weight is 244 g/mol. The monoisotopic (exact) mass is 244 g/mol. The lowest BCUT2D eigenvalue weighted by atomic mass is 9.86. The molecule has 3 nitrogen and oxygen atoms in total. The third kappa shape index (κ3) is 2.46. The summed E-state index contributed by atoms with van der Waals surface area (Å²) in [6.07, 6.45) is 1.27. The zero-order chi connectivity index (χ0) is 13.2. The quantitative estimate of drug-likeness (QED) is 0.897. The Morgan fingerprint density at radius 1 is 1.28 bits per heavy atom. The number of hydrogen-bond acceptors (Lipinski definition) is 2. The van der Waals surface area contributed by atoms with Gasteiger partial charge in [-0.25, -0.2) is 0 Å². The third-order valence-corrected chi connectivity index (χ3v) is 3.47. The SMILES string of the molecule is CCC(O)(Cc1cc(C)nn1C)c1ccccc1. The minimum absolute atomic E-state index is 0.588. The summed E-state index contributed by atoms with van der Waals surface area (Å²) < 4.78 is 1.85. The van der Waals surface area contributed by atoms with E-state index in [0.717, 1.165) is 17.0 Å². The van der Waals surface area contributed by atoms with Crippen LogP contribution >= 0.6 is 0 Å². The summed E-state index contributed by atoms with van der Waals surface area (Å²) in [6, 6.07) is 11.9. The van der Waals surface area contributed by atoms with Crippen molar-refractivity contribution in [2.45, 2.75) is 32.3 Å². The number of aryl methyl sites for hydroxylation is 2. The van der Waals surface area contributed by atoms with Crippen LogP contribution in [0.1, 0.15) is 30.3 Å². The topological polar surface area (TPSA) is 38.1 Å². The maximum atomic E-state index is 10.8. The number of hydrogen-bond donors (Lipinski definition) is 1. The van der Waals surface area contributed by atoms with Gasteiger partial charge in [-0.2, -0.15) is 5.10 Å². The first-order valence-corrected chi connectivity index (χ1v) is 6.32. The Labute approximate surface area is 108 Å². The highest BCUT2D eigenvalue weighted by molar-refractivity contribution is 5.25. The highest BCUT2D eigenvalue weighted by atomic mass is 16.3. The first kappa shape index (κ1) is 12.8. The van der Waals surface area contributed by atoms with Crippen LogP contribution in [0.3, 0.4) is 0 Å². The molecule has 0 fully saturated rings. The van der Waals surface area contributed by atoms with E-state index in [1.54, 1.807) is 0 Å². The minimum Gasteiger partial charge on any atom is -0.385 e. The van der Waals surface area contributed by atoms with E-state index in [-0.39, 0.29) is 0 Å². The molecule has 0 amide bonds. The largest absolute Gasteiger partial charge is 0.385 e. The van der Waals surface area contributed by atoms with Crippen molar-refractivity contribution in [3.8, 4) is 0 Å². The minimum atomic E-state index is -0.818. The molecule has 0 saturated carbocycles. The van der Waals surface area contributed by atoms with E-state index in [0.29, 0.717) is 12.8 Å². The van der Waals surface area contributed by atoms with Gasteiger partial charge in [-0.15, -0.1) is 0 Å². The number of nitrogens with zero attached hydrogens (tertiary/aromatic N) is 2. The molecule has 96 valence electrons. The van der Waals surface area contributed by atoms with E-state index in [1.807, 2.05) is 62.0 Å². The predicted molar refractivity (Wildman–Crippen MR) is 72.3 cm³/mol. The first-order chi connectivity index (χ1) is 8.55. The molecule has 1 heterocycles. The first-order valence-electron chi connectivity index (χ1n) is 6.32. The van der Waals surface area contributed by atoms with Crippen molar-refractivity contribution in [3.05, 3.63) is 53.3 Å².